The number of furan rings is 4. The fourth-order valence-electron chi connectivity index (χ4n) is 4.72. The van der Waals surface area contributed by atoms with Gasteiger partial charge >= 0.3 is 23.9 Å². The third kappa shape index (κ3) is 8.01. The summed E-state index contributed by atoms with van der Waals surface area (Å²) in [4.78, 5) is 49.8. The third-order valence-corrected chi connectivity index (χ3v) is 8.11. The van der Waals surface area contributed by atoms with Gasteiger partial charge in [0, 0.05) is 0 Å². The van der Waals surface area contributed by atoms with Gasteiger partial charge in [0.25, 0.3) is 0 Å². The van der Waals surface area contributed by atoms with Crippen molar-refractivity contribution in [1.82, 2.24) is 0 Å². The number of aliphatic hydroxyl groups is 1. The number of rotatable bonds is 16. The zero-order valence-corrected chi connectivity index (χ0v) is 27.8. The Kier molecular flexibility index (Phi) is 9.73. The van der Waals surface area contributed by atoms with Gasteiger partial charge in [-0.1, -0.05) is 0 Å². The van der Waals surface area contributed by atoms with Crippen molar-refractivity contribution < 1.29 is 70.4 Å². The fraction of sp³-hybridized carbons (Fsp3) is 0.429. The lowest BCUT2D eigenvalue weighted by molar-refractivity contribution is -0.00754. The molecular formula is C35H36O15. The standard InChI is InChI=1S/C35H36O15/c1-34(2,28-11-7-24(49-28)32(39)45-17-20-15-41-20)26-9-5-22(47-26)30(37)43-13-19(36)14-44-31(38)23-6-10-27(48-23)35(3,4)29-12-8-25(50-29)33(40)46-18-21-16-42-21/h5-12,19-21,36H,13-18H2,1-4H3. The summed E-state index contributed by atoms with van der Waals surface area (Å²) in [6, 6.07) is 12.2. The predicted molar refractivity (Wildman–Crippen MR) is 166 cm³/mol. The smallest absolute Gasteiger partial charge is 0.374 e. The number of epoxide rings is 2. The van der Waals surface area contributed by atoms with Crippen molar-refractivity contribution in [1.29, 1.82) is 0 Å². The molecule has 2 fully saturated rings. The van der Waals surface area contributed by atoms with Crippen molar-refractivity contribution in [3.8, 4) is 0 Å². The molecule has 0 radical (unpaired) electrons. The van der Waals surface area contributed by atoms with Crippen molar-refractivity contribution in [2.45, 2.75) is 56.8 Å². The number of carbonyl (C=O) groups excluding carboxylic acids is 4. The lowest BCUT2D eigenvalue weighted by atomic mass is 9.87. The molecule has 4 aromatic rings. The Hall–Kier alpha value is -5.12. The first-order valence-corrected chi connectivity index (χ1v) is 15.8. The molecule has 4 aromatic heterocycles. The highest BCUT2D eigenvalue weighted by molar-refractivity contribution is 5.88. The van der Waals surface area contributed by atoms with Gasteiger partial charge in [-0.15, -0.1) is 0 Å². The van der Waals surface area contributed by atoms with E-state index in [0.717, 1.165) is 0 Å². The molecule has 1 N–H and O–H groups in total. The Morgan fingerprint density at radius 1 is 0.580 bits per heavy atom. The lowest BCUT2D eigenvalue weighted by Gasteiger charge is -2.19. The molecule has 15 heteroatoms. The van der Waals surface area contributed by atoms with Crippen LogP contribution >= 0.6 is 0 Å². The third-order valence-electron chi connectivity index (χ3n) is 8.11. The minimum atomic E-state index is -1.35. The van der Waals surface area contributed by atoms with Crippen LogP contribution < -0.4 is 0 Å². The zero-order chi connectivity index (χ0) is 35.6. The average Bonchev–Trinajstić information content (AvgIpc) is 3.74. The van der Waals surface area contributed by atoms with Gasteiger partial charge in [-0.2, -0.15) is 0 Å². The van der Waals surface area contributed by atoms with Gasteiger partial charge in [-0.05, 0) is 76.2 Å². The van der Waals surface area contributed by atoms with Crippen molar-refractivity contribution in [3.63, 3.8) is 0 Å². The van der Waals surface area contributed by atoms with Crippen LogP contribution in [0.5, 0.6) is 0 Å². The van der Waals surface area contributed by atoms with Gasteiger partial charge in [0.05, 0.1) is 24.0 Å². The van der Waals surface area contributed by atoms with E-state index in [1.807, 2.05) is 0 Å². The maximum atomic E-state index is 12.6. The molecule has 0 saturated carbocycles. The summed E-state index contributed by atoms with van der Waals surface area (Å²) in [7, 11) is 0. The molecule has 2 aliphatic heterocycles. The second-order valence-corrected chi connectivity index (χ2v) is 12.9. The van der Waals surface area contributed by atoms with Crippen molar-refractivity contribution >= 4 is 23.9 Å². The van der Waals surface area contributed by atoms with Gasteiger partial charge in [0.2, 0.25) is 23.0 Å². The first-order chi connectivity index (χ1) is 23.8. The molecule has 2 unspecified atom stereocenters. The van der Waals surface area contributed by atoms with Crippen LogP contribution in [0.3, 0.4) is 0 Å². The number of aliphatic hydroxyl groups excluding tert-OH is 1. The molecule has 0 amide bonds. The zero-order valence-electron chi connectivity index (χ0n) is 27.8. The molecule has 6 heterocycles. The Bertz CT molecular complexity index is 1710. The molecule has 15 nitrogen and oxygen atoms in total. The molecular weight excluding hydrogens is 660 g/mol. The first-order valence-electron chi connectivity index (χ1n) is 15.8. The number of carbonyl (C=O) groups is 4. The quantitative estimate of drug-likeness (QED) is 0.0991. The van der Waals surface area contributed by atoms with E-state index in [0.29, 0.717) is 36.3 Å². The highest BCUT2D eigenvalue weighted by atomic mass is 16.6. The van der Waals surface area contributed by atoms with E-state index >= 15 is 0 Å². The molecule has 6 rings (SSSR count). The van der Waals surface area contributed by atoms with Crippen LogP contribution in [0.2, 0.25) is 0 Å². The van der Waals surface area contributed by atoms with Gasteiger partial charge in [0.1, 0.15) is 67.8 Å². The summed E-state index contributed by atoms with van der Waals surface area (Å²) in [6.45, 7) is 7.57. The molecule has 50 heavy (non-hydrogen) atoms. The summed E-state index contributed by atoms with van der Waals surface area (Å²) in [5.74, 6) is -1.65. The van der Waals surface area contributed by atoms with Crippen LogP contribution in [0.15, 0.2) is 66.2 Å². The Morgan fingerprint density at radius 2 is 0.860 bits per heavy atom. The Balaban J connectivity index is 0.960. The van der Waals surface area contributed by atoms with Crippen molar-refractivity contribution in [2.24, 2.45) is 0 Å². The van der Waals surface area contributed by atoms with E-state index in [1.165, 1.54) is 24.3 Å². The maximum Gasteiger partial charge on any atom is 0.374 e. The minimum absolute atomic E-state index is 0.0224. The molecule has 0 aromatic carbocycles. The molecule has 0 spiro atoms. The fourth-order valence-corrected chi connectivity index (χ4v) is 4.72. The second-order valence-electron chi connectivity index (χ2n) is 12.9. The van der Waals surface area contributed by atoms with Crippen LogP contribution in [-0.4, -0.2) is 86.9 Å². The van der Waals surface area contributed by atoms with Crippen molar-refractivity contribution in [3.05, 3.63) is 94.6 Å². The van der Waals surface area contributed by atoms with E-state index in [-0.39, 0.29) is 48.5 Å². The lowest BCUT2D eigenvalue weighted by Crippen LogP contribution is -2.25. The molecule has 2 aliphatic rings. The van der Waals surface area contributed by atoms with Crippen molar-refractivity contribution in [2.75, 3.05) is 39.6 Å². The largest absolute Gasteiger partial charge is 0.457 e. The highest BCUT2D eigenvalue weighted by Gasteiger charge is 2.35. The molecule has 0 bridgehead atoms. The predicted octanol–water partition coefficient (Wildman–Crippen LogP) is 4.20. The van der Waals surface area contributed by atoms with Gasteiger partial charge < -0.3 is 51.2 Å². The molecule has 2 atom stereocenters. The number of esters is 4. The summed E-state index contributed by atoms with van der Waals surface area (Å²) in [5, 5.41) is 10.3. The molecule has 2 saturated heterocycles. The van der Waals surface area contributed by atoms with E-state index in [1.54, 1.807) is 52.0 Å². The second kappa shape index (κ2) is 14.0. The van der Waals surface area contributed by atoms with Crippen LogP contribution in [0, 0.1) is 0 Å². The normalized spacial score (nSPS) is 17.5. The maximum absolute atomic E-state index is 12.6. The van der Waals surface area contributed by atoms with E-state index in [4.69, 9.17) is 46.1 Å². The summed E-state index contributed by atoms with van der Waals surface area (Å²) < 4.78 is 53.5. The van der Waals surface area contributed by atoms with Crippen LogP contribution in [-0.2, 0) is 39.3 Å². The van der Waals surface area contributed by atoms with Crippen LogP contribution in [0.4, 0.5) is 0 Å². The van der Waals surface area contributed by atoms with Crippen LogP contribution in [0.1, 0.15) is 93.0 Å². The van der Waals surface area contributed by atoms with E-state index in [2.05, 4.69) is 0 Å². The first kappa shape index (κ1) is 34.7. The Labute approximate surface area is 285 Å². The van der Waals surface area contributed by atoms with Gasteiger partial charge in [-0.3, -0.25) is 0 Å². The SMILES string of the molecule is CC(C)(c1ccc(C(=O)OCC(O)COC(=O)c2ccc(C(C)(C)c3ccc(C(=O)OCC4CO4)o3)o2)o1)c1ccc(C(=O)OCC2CO2)o1. The minimum Gasteiger partial charge on any atom is -0.457 e. The summed E-state index contributed by atoms with van der Waals surface area (Å²) in [6.07, 6.45) is -1.50. The number of hydrogen-bond donors (Lipinski definition) is 1. The topological polar surface area (TPSA) is 203 Å². The summed E-state index contributed by atoms with van der Waals surface area (Å²) >= 11 is 0. The number of ether oxygens (including phenoxy) is 6. The summed E-state index contributed by atoms with van der Waals surface area (Å²) in [5.41, 5.74) is -1.74. The van der Waals surface area contributed by atoms with Gasteiger partial charge in [0.15, 0.2) is 0 Å². The average molecular weight is 697 g/mol. The highest BCUT2D eigenvalue weighted by Crippen LogP contribution is 2.35. The molecule has 266 valence electrons. The number of hydrogen-bond acceptors (Lipinski definition) is 15. The van der Waals surface area contributed by atoms with Crippen LogP contribution in [0.25, 0.3) is 0 Å². The van der Waals surface area contributed by atoms with Gasteiger partial charge in [-0.25, -0.2) is 19.2 Å². The Morgan fingerprint density at radius 3 is 1.14 bits per heavy atom. The van der Waals surface area contributed by atoms with E-state index < -0.39 is 54.0 Å². The molecule has 0 aliphatic carbocycles. The monoisotopic (exact) mass is 696 g/mol. The van der Waals surface area contributed by atoms with E-state index in [9.17, 15) is 24.3 Å².